The largest absolute Gasteiger partial charge is 0.316 e. The Morgan fingerprint density at radius 2 is 1.55 bits per heavy atom. The summed E-state index contributed by atoms with van der Waals surface area (Å²) < 4.78 is 0. The molecule has 68 valence electrons. The van der Waals surface area contributed by atoms with Crippen LogP contribution in [-0.2, 0) is 0 Å². The molecule has 1 saturated heterocycles. The van der Waals surface area contributed by atoms with Crippen molar-refractivity contribution >= 4 is 0 Å². The monoisotopic (exact) mass is 157 g/mol. The van der Waals surface area contributed by atoms with E-state index in [1.54, 1.807) is 0 Å². The molecule has 1 heterocycles. The van der Waals surface area contributed by atoms with Gasteiger partial charge in [-0.25, -0.2) is 0 Å². The quantitative estimate of drug-likeness (QED) is 0.570. The standard InChI is InChI=1S/C8H15N.C2H6.H2/c1-2-4-8(5-3-1)6-9-7-8;1-2;/h9H,1-7H2;1-2H3;1H. The third kappa shape index (κ3) is 1.96. The van der Waals surface area contributed by atoms with Crippen molar-refractivity contribution in [3.05, 3.63) is 0 Å². The first-order chi connectivity index (χ1) is 5.41. The highest BCUT2D eigenvalue weighted by molar-refractivity contribution is 4.93. The molecule has 0 aromatic carbocycles. The third-order valence-electron chi connectivity index (χ3n) is 2.91. The Kier molecular flexibility index (Phi) is 3.38. The summed E-state index contributed by atoms with van der Waals surface area (Å²) in [5.74, 6) is 0. The first kappa shape index (κ1) is 9.05. The fourth-order valence-corrected chi connectivity index (χ4v) is 2.13. The summed E-state index contributed by atoms with van der Waals surface area (Å²) in [5.41, 5.74) is 0.790. The van der Waals surface area contributed by atoms with Crippen LogP contribution in [0.2, 0.25) is 0 Å². The van der Waals surface area contributed by atoms with Crippen molar-refractivity contribution in [3.63, 3.8) is 0 Å². The van der Waals surface area contributed by atoms with Crippen LogP contribution in [0.3, 0.4) is 0 Å². The van der Waals surface area contributed by atoms with Gasteiger partial charge in [0.25, 0.3) is 0 Å². The van der Waals surface area contributed by atoms with Crippen LogP contribution in [0.25, 0.3) is 0 Å². The van der Waals surface area contributed by atoms with E-state index in [0.717, 1.165) is 5.41 Å². The molecule has 0 amide bonds. The molecular formula is C10H23N. The number of hydrogen-bond acceptors (Lipinski definition) is 1. The molecule has 0 atom stereocenters. The van der Waals surface area contributed by atoms with Gasteiger partial charge in [-0.3, -0.25) is 0 Å². The van der Waals surface area contributed by atoms with Crippen LogP contribution in [0.5, 0.6) is 0 Å². The molecule has 1 heteroatoms. The second kappa shape index (κ2) is 4.10. The third-order valence-corrected chi connectivity index (χ3v) is 2.91. The summed E-state index contributed by atoms with van der Waals surface area (Å²) in [6.07, 6.45) is 7.46. The van der Waals surface area contributed by atoms with Crippen LogP contribution in [0.15, 0.2) is 0 Å². The molecular weight excluding hydrogens is 134 g/mol. The van der Waals surface area contributed by atoms with Crippen LogP contribution in [0.4, 0.5) is 0 Å². The molecule has 1 nitrogen and oxygen atoms in total. The van der Waals surface area contributed by atoms with Crippen LogP contribution < -0.4 is 5.32 Å². The Balaban J connectivity index is 0.000000378. The lowest BCUT2D eigenvalue weighted by Crippen LogP contribution is -2.54. The molecule has 2 aliphatic rings. The van der Waals surface area contributed by atoms with E-state index in [1.807, 2.05) is 13.8 Å². The van der Waals surface area contributed by atoms with Gasteiger partial charge in [-0.15, -0.1) is 0 Å². The van der Waals surface area contributed by atoms with Crippen LogP contribution in [0.1, 0.15) is 47.4 Å². The van der Waals surface area contributed by atoms with Crippen molar-refractivity contribution in [2.24, 2.45) is 5.41 Å². The van der Waals surface area contributed by atoms with Crippen LogP contribution in [0, 0.1) is 5.41 Å². The second-order valence-corrected chi connectivity index (χ2v) is 3.66. The smallest absolute Gasteiger partial charge is 0.00202 e. The van der Waals surface area contributed by atoms with Gasteiger partial charge in [-0.2, -0.15) is 0 Å². The lowest BCUT2D eigenvalue weighted by molar-refractivity contribution is 0.107. The average Bonchev–Trinajstić information content (AvgIpc) is 2.07. The zero-order chi connectivity index (χ0) is 8.16. The maximum atomic E-state index is 3.37. The Morgan fingerprint density at radius 3 is 1.82 bits per heavy atom. The number of nitrogens with one attached hydrogen (secondary N) is 1. The minimum Gasteiger partial charge on any atom is -0.316 e. The van der Waals surface area contributed by atoms with Gasteiger partial charge in [0.2, 0.25) is 0 Å². The molecule has 0 aromatic heterocycles. The van der Waals surface area contributed by atoms with Gasteiger partial charge in [0.15, 0.2) is 0 Å². The van der Waals surface area contributed by atoms with E-state index < -0.39 is 0 Å². The highest BCUT2D eigenvalue weighted by Gasteiger charge is 2.37. The van der Waals surface area contributed by atoms with E-state index in [-0.39, 0.29) is 1.43 Å². The molecule has 0 bridgehead atoms. The molecule has 2 rings (SSSR count). The van der Waals surface area contributed by atoms with Crippen LogP contribution in [-0.4, -0.2) is 13.1 Å². The van der Waals surface area contributed by atoms with Gasteiger partial charge in [-0.1, -0.05) is 33.1 Å². The topological polar surface area (TPSA) is 12.0 Å². The Hall–Kier alpha value is -0.0400. The van der Waals surface area contributed by atoms with E-state index >= 15 is 0 Å². The number of rotatable bonds is 0. The van der Waals surface area contributed by atoms with Gasteiger partial charge in [-0.05, 0) is 18.3 Å². The molecule has 0 unspecified atom stereocenters. The first-order valence-corrected chi connectivity index (χ1v) is 5.12. The Morgan fingerprint density at radius 1 is 1.00 bits per heavy atom. The SMILES string of the molecule is C1CCC2(CC1)CNC2.CC.[HH]. The summed E-state index contributed by atoms with van der Waals surface area (Å²) in [4.78, 5) is 0. The molecule has 2 fully saturated rings. The highest BCUT2D eigenvalue weighted by atomic mass is 15.0. The lowest BCUT2D eigenvalue weighted by atomic mass is 9.70. The molecule has 1 N–H and O–H groups in total. The predicted molar refractivity (Wildman–Crippen MR) is 51.8 cm³/mol. The fourth-order valence-electron chi connectivity index (χ4n) is 2.13. The Bertz CT molecular complexity index is 102. The second-order valence-electron chi connectivity index (χ2n) is 3.66. The minimum absolute atomic E-state index is 0. The average molecular weight is 157 g/mol. The highest BCUT2D eigenvalue weighted by Crippen LogP contribution is 2.38. The molecule has 1 spiro atoms. The summed E-state index contributed by atoms with van der Waals surface area (Å²) >= 11 is 0. The van der Waals surface area contributed by atoms with Crippen LogP contribution >= 0.6 is 0 Å². The lowest BCUT2D eigenvalue weighted by Gasteiger charge is -2.45. The number of hydrogen-bond donors (Lipinski definition) is 1. The van der Waals surface area contributed by atoms with E-state index in [1.165, 1.54) is 45.2 Å². The predicted octanol–water partition coefficient (Wildman–Crippen LogP) is 2.81. The van der Waals surface area contributed by atoms with E-state index in [0.29, 0.717) is 0 Å². The molecule has 11 heavy (non-hydrogen) atoms. The zero-order valence-corrected chi connectivity index (χ0v) is 7.95. The Labute approximate surface area is 72.1 Å². The van der Waals surface area contributed by atoms with Crippen molar-refractivity contribution in [2.75, 3.05) is 13.1 Å². The summed E-state index contributed by atoms with van der Waals surface area (Å²) in [6.45, 7) is 6.62. The van der Waals surface area contributed by atoms with E-state index in [4.69, 9.17) is 0 Å². The fraction of sp³-hybridized carbons (Fsp3) is 1.00. The normalized spacial score (nSPS) is 26.7. The molecule has 1 aliphatic carbocycles. The molecule has 0 radical (unpaired) electrons. The molecule has 0 aromatic rings. The van der Waals surface area contributed by atoms with Crippen molar-refractivity contribution in [3.8, 4) is 0 Å². The van der Waals surface area contributed by atoms with Gasteiger partial charge in [0.1, 0.15) is 0 Å². The molecule has 1 aliphatic heterocycles. The maximum absolute atomic E-state index is 3.37. The van der Waals surface area contributed by atoms with Crippen molar-refractivity contribution in [1.29, 1.82) is 0 Å². The zero-order valence-electron chi connectivity index (χ0n) is 7.95. The summed E-state index contributed by atoms with van der Waals surface area (Å²) in [5, 5.41) is 3.37. The van der Waals surface area contributed by atoms with Gasteiger partial charge in [0, 0.05) is 14.5 Å². The summed E-state index contributed by atoms with van der Waals surface area (Å²) in [7, 11) is 0. The van der Waals surface area contributed by atoms with Gasteiger partial charge < -0.3 is 5.32 Å². The minimum atomic E-state index is 0. The maximum Gasteiger partial charge on any atom is 0.00202 e. The molecule has 1 saturated carbocycles. The first-order valence-electron chi connectivity index (χ1n) is 5.12. The van der Waals surface area contributed by atoms with Crippen molar-refractivity contribution in [2.45, 2.75) is 46.0 Å². The van der Waals surface area contributed by atoms with Crippen molar-refractivity contribution < 1.29 is 1.43 Å². The van der Waals surface area contributed by atoms with Crippen molar-refractivity contribution in [1.82, 2.24) is 5.32 Å². The van der Waals surface area contributed by atoms with E-state index in [9.17, 15) is 0 Å². The van der Waals surface area contributed by atoms with E-state index in [2.05, 4.69) is 5.32 Å². The van der Waals surface area contributed by atoms with Gasteiger partial charge >= 0.3 is 0 Å². The summed E-state index contributed by atoms with van der Waals surface area (Å²) in [6, 6.07) is 0. The van der Waals surface area contributed by atoms with Gasteiger partial charge in [0.05, 0.1) is 0 Å².